The normalized spacial score (nSPS) is 11.0. The van der Waals surface area contributed by atoms with E-state index in [-0.39, 0.29) is 30.0 Å². The van der Waals surface area contributed by atoms with E-state index in [1.54, 1.807) is 0 Å². The molecule has 2 rings (SSSR count). The number of hydrogen-bond donors (Lipinski definition) is 2. The third-order valence-electron chi connectivity index (χ3n) is 3.39. The van der Waals surface area contributed by atoms with Crippen molar-refractivity contribution in [3.05, 3.63) is 65.2 Å². The second-order valence-corrected chi connectivity index (χ2v) is 7.11. The van der Waals surface area contributed by atoms with E-state index in [2.05, 4.69) is 16.0 Å². The standard InChI is InChI=1S/C18H16F2N2O3S/c1-2-7-22-26(24,25)17-5-3-4-14(11-17)18(23)21-8-6-13-9-15(19)12-16(20)10-13/h1,3-5,9-12,22H,6-8H2,(H,21,23). The summed E-state index contributed by atoms with van der Waals surface area (Å²) in [7, 11) is -3.81. The zero-order valence-corrected chi connectivity index (χ0v) is 14.4. The number of carbonyl (C=O) groups excluding carboxylic acids is 1. The highest BCUT2D eigenvalue weighted by Gasteiger charge is 2.15. The summed E-state index contributed by atoms with van der Waals surface area (Å²) >= 11 is 0. The van der Waals surface area contributed by atoms with E-state index in [1.807, 2.05) is 0 Å². The van der Waals surface area contributed by atoms with Crippen molar-refractivity contribution in [3.8, 4) is 12.3 Å². The van der Waals surface area contributed by atoms with Gasteiger partial charge in [-0.25, -0.2) is 17.2 Å². The molecule has 0 spiro atoms. The first-order valence-electron chi connectivity index (χ1n) is 7.58. The molecular weight excluding hydrogens is 362 g/mol. The zero-order chi connectivity index (χ0) is 19.2. The minimum absolute atomic E-state index is 0.0902. The summed E-state index contributed by atoms with van der Waals surface area (Å²) in [6, 6.07) is 8.57. The predicted molar refractivity (Wildman–Crippen MR) is 92.9 cm³/mol. The summed E-state index contributed by atoms with van der Waals surface area (Å²) in [5.74, 6) is 0.274. The van der Waals surface area contributed by atoms with Gasteiger partial charge >= 0.3 is 0 Å². The van der Waals surface area contributed by atoms with Crippen LogP contribution in [0.25, 0.3) is 0 Å². The van der Waals surface area contributed by atoms with E-state index < -0.39 is 27.6 Å². The monoisotopic (exact) mass is 378 g/mol. The first-order chi connectivity index (χ1) is 12.3. The van der Waals surface area contributed by atoms with Gasteiger partial charge in [0.25, 0.3) is 5.91 Å². The van der Waals surface area contributed by atoms with Gasteiger partial charge in [0.15, 0.2) is 0 Å². The van der Waals surface area contributed by atoms with Crippen molar-refractivity contribution in [1.29, 1.82) is 0 Å². The van der Waals surface area contributed by atoms with Gasteiger partial charge in [0.1, 0.15) is 11.6 Å². The van der Waals surface area contributed by atoms with Crippen LogP contribution in [0.3, 0.4) is 0 Å². The molecule has 2 aromatic rings. The molecule has 0 bridgehead atoms. The molecule has 0 aliphatic carbocycles. The summed E-state index contributed by atoms with van der Waals surface area (Å²) in [5.41, 5.74) is 0.539. The molecule has 0 saturated carbocycles. The highest BCUT2D eigenvalue weighted by atomic mass is 32.2. The van der Waals surface area contributed by atoms with Gasteiger partial charge in [-0.1, -0.05) is 12.0 Å². The first kappa shape index (κ1) is 19.6. The number of amides is 1. The van der Waals surface area contributed by atoms with Gasteiger partial charge in [-0.3, -0.25) is 4.79 Å². The number of carbonyl (C=O) groups is 1. The molecule has 26 heavy (non-hydrogen) atoms. The van der Waals surface area contributed by atoms with Crippen LogP contribution in [0, 0.1) is 24.0 Å². The van der Waals surface area contributed by atoms with Crippen molar-refractivity contribution in [2.24, 2.45) is 0 Å². The minimum Gasteiger partial charge on any atom is -0.352 e. The van der Waals surface area contributed by atoms with Gasteiger partial charge in [0, 0.05) is 18.2 Å². The number of terminal acetylenes is 1. The van der Waals surface area contributed by atoms with Crippen molar-refractivity contribution < 1.29 is 22.0 Å². The molecule has 1 amide bonds. The number of rotatable bonds is 7. The SMILES string of the molecule is C#CCNS(=O)(=O)c1cccc(C(=O)NCCc2cc(F)cc(F)c2)c1. The van der Waals surface area contributed by atoms with Crippen LogP contribution in [0.2, 0.25) is 0 Å². The van der Waals surface area contributed by atoms with Crippen molar-refractivity contribution in [1.82, 2.24) is 10.0 Å². The lowest BCUT2D eigenvalue weighted by atomic mass is 10.1. The molecule has 0 aliphatic heterocycles. The van der Waals surface area contributed by atoms with Crippen LogP contribution in [0.5, 0.6) is 0 Å². The van der Waals surface area contributed by atoms with Crippen LogP contribution in [-0.4, -0.2) is 27.4 Å². The third kappa shape index (κ3) is 5.37. The maximum atomic E-state index is 13.1. The zero-order valence-electron chi connectivity index (χ0n) is 13.6. The molecule has 0 radical (unpaired) electrons. The van der Waals surface area contributed by atoms with E-state index in [9.17, 15) is 22.0 Å². The maximum absolute atomic E-state index is 13.1. The number of hydrogen-bond acceptors (Lipinski definition) is 3. The van der Waals surface area contributed by atoms with Gasteiger partial charge in [0.05, 0.1) is 11.4 Å². The quantitative estimate of drug-likeness (QED) is 0.722. The van der Waals surface area contributed by atoms with Crippen molar-refractivity contribution in [2.75, 3.05) is 13.1 Å². The Labute approximate surface area is 150 Å². The van der Waals surface area contributed by atoms with Crippen LogP contribution in [0.15, 0.2) is 47.4 Å². The second kappa shape index (κ2) is 8.56. The van der Waals surface area contributed by atoms with E-state index in [0.717, 1.165) is 6.07 Å². The van der Waals surface area contributed by atoms with Gasteiger partial charge in [0.2, 0.25) is 10.0 Å². The molecule has 0 heterocycles. The summed E-state index contributed by atoms with van der Waals surface area (Å²) in [5, 5.41) is 2.58. The van der Waals surface area contributed by atoms with Crippen LogP contribution in [0.1, 0.15) is 15.9 Å². The Hall–Kier alpha value is -2.76. The van der Waals surface area contributed by atoms with Gasteiger partial charge < -0.3 is 5.32 Å². The maximum Gasteiger partial charge on any atom is 0.251 e. The Kier molecular flexibility index (Phi) is 6.44. The molecule has 0 fully saturated rings. The fraction of sp³-hybridized carbons (Fsp3) is 0.167. The van der Waals surface area contributed by atoms with Crippen LogP contribution in [0.4, 0.5) is 8.78 Å². The Morgan fingerprint density at radius 1 is 1.12 bits per heavy atom. The minimum atomic E-state index is -3.81. The first-order valence-corrected chi connectivity index (χ1v) is 9.06. The summed E-state index contributed by atoms with van der Waals surface area (Å²) in [6.07, 6.45) is 5.25. The molecule has 2 aromatic carbocycles. The average Bonchev–Trinajstić information content (AvgIpc) is 2.59. The third-order valence-corrected chi connectivity index (χ3v) is 4.79. The van der Waals surface area contributed by atoms with Gasteiger partial charge in [-0.05, 0) is 42.3 Å². The van der Waals surface area contributed by atoms with E-state index in [1.165, 1.54) is 36.4 Å². The highest BCUT2D eigenvalue weighted by Crippen LogP contribution is 2.12. The lowest BCUT2D eigenvalue weighted by molar-refractivity contribution is 0.0954. The summed E-state index contributed by atoms with van der Waals surface area (Å²) < 4.78 is 52.5. The highest BCUT2D eigenvalue weighted by molar-refractivity contribution is 7.89. The molecule has 0 aliphatic rings. The number of nitrogens with one attached hydrogen (secondary N) is 2. The lowest BCUT2D eigenvalue weighted by Gasteiger charge is -2.08. The Morgan fingerprint density at radius 3 is 2.46 bits per heavy atom. The largest absolute Gasteiger partial charge is 0.352 e. The van der Waals surface area contributed by atoms with Crippen molar-refractivity contribution in [2.45, 2.75) is 11.3 Å². The second-order valence-electron chi connectivity index (χ2n) is 5.34. The van der Waals surface area contributed by atoms with E-state index in [0.29, 0.717) is 5.56 Å². The van der Waals surface area contributed by atoms with Crippen LogP contribution >= 0.6 is 0 Å². The van der Waals surface area contributed by atoms with Gasteiger partial charge in [-0.15, -0.1) is 6.42 Å². The number of halogens is 2. The van der Waals surface area contributed by atoms with Crippen LogP contribution < -0.4 is 10.0 Å². The molecule has 0 atom stereocenters. The topological polar surface area (TPSA) is 75.3 Å². The fourth-order valence-electron chi connectivity index (χ4n) is 2.20. The Balaban J connectivity index is 2.01. The Bertz CT molecular complexity index is 933. The van der Waals surface area contributed by atoms with E-state index in [4.69, 9.17) is 6.42 Å². The molecular formula is C18H16F2N2O3S. The summed E-state index contributed by atoms with van der Waals surface area (Å²) in [6.45, 7) is -0.0308. The molecule has 0 unspecified atom stereocenters. The molecule has 136 valence electrons. The van der Waals surface area contributed by atoms with E-state index >= 15 is 0 Å². The summed E-state index contributed by atoms with van der Waals surface area (Å²) in [4.78, 5) is 12.1. The van der Waals surface area contributed by atoms with Crippen molar-refractivity contribution in [3.63, 3.8) is 0 Å². The molecule has 0 aromatic heterocycles. The van der Waals surface area contributed by atoms with Crippen LogP contribution in [-0.2, 0) is 16.4 Å². The molecule has 5 nitrogen and oxygen atoms in total. The molecule has 2 N–H and O–H groups in total. The number of benzene rings is 2. The molecule has 8 heteroatoms. The Morgan fingerprint density at radius 2 is 1.81 bits per heavy atom. The fourth-order valence-corrected chi connectivity index (χ4v) is 3.18. The van der Waals surface area contributed by atoms with Crippen molar-refractivity contribution >= 4 is 15.9 Å². The predicted octanol–water partition coefficient (Wildman–Crippen LogP) is 1.85. The average molecular weight is 378 g/mol. The van der Waals surface area contributed by atoms with Gasteiger partial charge in [-0.2, -0.15) is 4.72 Å². The number of sulfonamides is 1. The lowest BCUT2D eigenvalue weighted by Crippen LogP contribution is -2.27. The molecule has 0 saturated heterocycles. The smallest absolute Gasteiger partial charge is 0.251 e.